The summed E-state index contributed by atoms with van der Waals surface area (Å²) in [5.74, 6) is 0. The Bertz CT molecular complexity index is 640. The van der Waals surface area contributed by atoms with E-state index >= 15 is 0 Å². The lowest BCUT2D eigenvalue weighted by Gasteiger charge is -2.11. The number of hydrogen-bond donors (Lipinski definition) is 1. The zero-order valence-electron chi connectivity index (χ0n) is 9.75. The van der Waals surface area contributed by atoms with Crippen LogP contribution in [-0.4, -0.2) is 4.98 Å². The number of hydrogen-bond acceptors (Lipinski definition) is 4. The van der Waals surface area contributed by atoms with Crippen molar-refractivity contribution in [2.24, 2.45) is 0 Å². The summed E-state index contributed by atoms with van der Waals surface area (Å²) in [5, 5.41) is 13.8. The molecular weight excluding hydrogens is 275 g/mol. The van der Waals surface area contributed by atoms with Gasteiger partial charge in [0.2, 0.25) is 0 Å². The average molecular weight is 283 g/mol. The second-order valence-electron chi connectivity index (χ2n) is 3.79. The lowest BCUT2D eigenvalue weighted by Crippen LogP contribution is -2.08. The fraction of sp³-hybridized carbons (Fsp3) is 0.167. The fourth-order valence-corrected chi connectivity index (χ4v) is 2.20. The van der Waals surface area contributed by atoms with E-state index in [-0.39, 0.29) is 5.69 Å². The molecule has 1 heterocycles. The molecule has 0 spiro atoms. The van der Waals surface area contributed by atoms with Crippen LogP contribution < -0.4 is 5.32 Å². The van der Waals surface area contributed by atoms with E-state index in [4.69, 9.17) is 5.26 Å². The van der Waals surface area contributed by atoms with Crippen molar-refractivity contribution in [3.8, 4) is 6.07 Å². The first kappa shape index (κ1) is 13.4. The molecule has 1 N–H and O–H groups in total. The van der Waals surface area contributed by atoms with Gasteiger partial charge in [-0.2, -0.15) is 18.4 Å². The number of rotatable bonds is 2. The zero-order valence-corrected chi connectivity index (χ0v) is 10.6. The highest BCUT2D eigenvalue weighted by atomic mass is 32.1. The molecule has 19 heavy (non-hydrogen) atoms. The highest BCUT2D eigenvalue weighted by Gasteiger charge is 2.33. The number of nitriles is 1. The third-order valence-electron chi connectivity index (χ3n) is 2.32. The predicted octanol–water partition coefficient (Wildman–Crippen LogP) is 4.09. The van der Waals surface area contributed by atoms with Gasteiger partial charge in [0.05, 0.1) is 22.9 Å². The molecule has 0 unspecified atom stereocenters. The first-order valence-corrected chi connectivity index (χ1v) is 6.08. The highest BCUT2D eigenvalue weighted by Crippen LogP contribution is 2.34. The number of aromatic nitrogens is 1. The number of thiazole rings is 1. The molecule has 0 bridgehead atoms. The van der Waals surface area contributed by atoms with Crippen molar-refractivity contribution in [3.63, 3.8) is 0 Å². The number of aryl methyl sites for hydroxylation is 1. The first-order valence-electron chi connectivity index (χ1n) is 5.20. The lowest BCUT2D eigenvalue weighted by atomic mass is 10.1. The molecule has 0 aliphatic rings. The van der Waals surface area contributed by atoms with Gasteiger partial charge in [0.15, 0.2) is 5.13 Å². The molecule has 98 valence electrons. The molecule has 2 aromatic rings. The van der Waals surface area contributed by atoms with Gasteiger partial charge in [0.1, 0.15) is 0 Å². The van der Waals surface area contributed by atoms with Crippen molar-refractivity contribution in [1.82, 2.24) is 4.98 Å². The monoisotopic (exact) mass is 283 g/mol. The van der Waals surface area contributed by atoms with E-state index in [0.717, 1.165) is 17.8 Å². The Labute approximate surface area is 111 Å². The summed E-state index contributed by atoms with van der Waals surface area (Å²) >= 11 is 1.30. The number of nitrogens with zero attached hydrogens (tertiary/aromatic N) is 2. The van der Waals surface area contributed by atoms with E-state index in [1.807, 2.05) is 0 Å². The second kappa shape index (κ2) is 4.90. The number of benzene rings is 1. The summed E-state index contributed by atoms with van der Waals surface area (Å²) in [7, 11) is 0. The number of alkyl halides is 3. The lowest BCUT2D eigenvalue weighted by molar-refractivity contribution is -0.137. The van der Waals surface area contributed by atoms with E-state index in [1.165, 1.54) is 23.5 Å². The van der Waals surface area contributed by atoms with Crippen LogP contribution in [0.15, 0.2) is 23.6 Å². The van der Waals surface area contributed by atoms with Gasteiger partial charge in [-0.05, 0) is 25.1 Å². The fourth-order valence-electron chi connectivity index (χ4n) is 1.49. The molecule has 0 amide bonds. The maximum atomic E-state index is 12.8. The molecule has 0 atom stereocenters. The Morgan fingerprint density at radius 3 is 2.63 bits per heavy atom. The Morgan fingerprint density at radius 1 is 1.37 bits per heavy atom. The van der Waals surface area contributed by atoms with Crippen molar-refractivity contribution in [2.75, 3.05) is 5.32 Å². The van der Waals surface area contributed by atoms with Crippen LogP contribution in [0, 0.1) is 18.3 Å². The van der Waals surface area contributed by atoms with Crippen molar-refractivity contribution in [1.29, 1.82) is 5.26 Å². The molecule has 0 fully saturated rings. The van der Waals surface area contributed by atoms with Crippen LogP contribution in [0.1, 0.15) is 16.8 Å². The zero-order chi connectivity index (χ0) is 14.0. The van der Waals surface area contributed by atoms with Gasteiger partial charge < -0.3 is 5.32 Å². The summed E-state index contributed by atoms with van der Waals surface area (Å²) in [6, 6.07) is 5.01. The minimum absolute atomic E-state index is 0.251. The van der Waals surface area contributed by atoms with Crippen molar-refractivity contribution >= 4 is 22.2 Å². The first-order chi connectivity index (χ1) is 8.90. The van der Waals surface area contributed by atoms with Crippen LogP contribution >= 0.6 is 11.3 Å². The summed E-state index contributed by atoms with van der Waals surface area (Å²) < 4.78 is 38.3. The van der Waals surface area contributed by atoms with Crippen LogP contribution in [0.2, 0.25) is 0 Å². The summed E-state index contributed by atoms with van der Waals surface area (Å²) in [6.07, 6.45) is -4.55. The largest absolute Gasteiger partial charge is 0.417 e. The topological polar surface area (TPSA) is 48.7 Å². The number of nitrogens with one attached hydrogen (secondary N) is 1. The SMILES string of the molecule is Cc1csc(Nc2ccc(C#N)c(C(F)(F)F)c2)n1. The van der Waals surface area contributed by atoms with E-state index < -0.39 is 17.3 Å². The number of halogens is 3. The van der Waals surface area contributed by atoms with Crippen LogP contribution in [0.4, 0.5) is 24.0 Å². The standard InChI is InChI=1S/C12H8F3N3S/c1-7-6-19-11(17-7)18-9-3-2-8(5-16)10(4-9)12(13,14)15/h2-4,6H,1H3,(H,17,18). The molecule has 0 aliphatic carbocycles. The Morgan fingerprint density at radius 2 is 2.11 bits per heavy atom. The molecule has 0 aliphatic heterocycles. The van der Waals surface area contributed by atoms with Crippen molar-refractivity contribution < 1.29 is 13.2 Å². The smallest absolute Gasteiger partial charge is 0.332 e. The molecule has 0 saturated heterocycles. The highest BCUT2D eigenvalue weighted by molar-refractivity contribution is 7.13. The Balaban J connectivity index is 2.36. The molecule has 2 rings (SSSR count). The van der Waals surface area contributed by atoms with Crippen LogP contribution in [-0.2, 0) is 6.18 Å². The molecule has 0 saturated carbocycles. The summed E-state index contributed by atoms with van der Waals surface area (Å²) in [6.45, 7) is 1.79. The van der Waals surface area contributed by atoms with Crippen LogP contribution in [0.3, 0.4) is 0 Å². The minimum atomic E-state index is -4.55. The van der Waals surface area contributed by atoms with Gasteiger partial charge in [0, 0.05) is 11.1 Å². The molecule has 1 aromatic heterocycles. The van der Waals surface area contributed by atoms with Gasteiger partial charge >= 0.3 is 6.18 Å². The van der Waals surface area contributed by atoms with Gasteiger partial charge in [0.25, 0.3) is 0 Å². The Hall–Kier alpha value is -2.07. The number of anilines is 2. The van der Waals surface area contributed by atoms with Gasteiger partial charge in [-0.3, -0.25) is 0 Å². The van der Waals surface area contributed by atoms with Gasteiger partial charge in [-0.1, -0.05) is 0 Å². The van der Waals surface area contributed by atoms with E-state index in [1.54, 1.807) is 12.3 Å². The van der Waals surface area contributed by atoms with E-state index in [2.05, 4.69) is 10.3 Å². The third kappa shape index (κ3) is 3.03. The van der Waals surface area contributed by atoms with Crippen LogP contribution in [0.25, 0.3) is 0 Å². The quantitative estimate of drug-likeness (QED) is 0.903. The average Bonchev–Trinajstić information content (AvgIpc) is 2.73. The maximum Gasteiger partial charge on any atom is 0.417 e. The molecular formula is C12H8F3N3S. The van der Waals surface area contributed by atoms with Crippen LogP contribution in [0.5, 0.6) is 0 Å². The van der Waals surface area contributed by atoms with Crippen molar-refractivity contribution in [3.05, 3.63) is 40.4 Å². The summed E-state index contributed by atoms with van der Waals surface area (Å²) in [4.78, 5) is 4.10. The maximum absolute atomic E-state index is 12.8. The van der Waals surface area contributed by atoms with E-state index in [9.17, 15) is 13.2 Å². The minimum Gasteiger partial charge on any atom is -0.332 e. The van der Waals surface area contributed by atoms with Gasteiger partial charge in [-0.25, -0.2) is 4.98 Å². The summed E-state index contributed by atoms with van der Waals surface area (Å²) in [5.41, 5.74) is -0.306. The van der Waals surface area contributed by atoms with E-state index in [0.29, 0.717) is 5.13 Å². The van der Waals surface area contributed by atoms with Crippen molar-refractivity contribution in [2.45, 2.75) is 13.1 Å². The third-order valence-corrected chi connectivity index (χ3v) is 3.19. The normalized spacial score (nSPS) is 11.1. The van der Waals surface area contributed by atoms with Gasteiger partial charge in [-0.15, -0.1) is 11.3 Å². The molecule has 7 heteroatoms. The predicted molar refractivity (Wildman–Crippen MR) is 66.3 cm³/mol. The Kier molecular flexibility index (Phi) is 3.44. The second-order valence-corrected chi connectivity index (χ2v) is 4.65. The molecule has 1 aromatic carbocycles. The molecule has 3 nitrogen and oxygen atoms in total. The molecule has 0 radical (unpaired) electrons.